The van der Waals surface area contributed by atoms with Crippen molar-refractivity contribution in [1.82, 2.24) is 15.1 Å². The van der Waals surface area contributed by atoms with Crippen molar-refractivity contribution in [1.29, 1.82) is 0 Å². The van der Waals surface area contributed by atoms with E-state index in [2.05, 4.69) is 39.5 Å². The molecule has 0 saturated carbocycles. The molecule has 0 bridgehead atoms. The third-order valence-corrected chi connectivity index (χ3v) is 4.73. The average molecular weight is 470 g/mol. The van der Waals surface area contributed by atoms with Gasteiger partial charge in [-0.25, -0.2) is 0 Å². The summed E-state index contributed by atoms with van der Waals surface area (Å²) in [6.45, 7) is 5.41. The van der Waals surface area contributed by atoms with Crippen LogP contribution in [0.5, 0.6) is 0 Å². The maximum Gasteiger partial charge on any atom is 0.229 e. The molecule has 142 valence electrons. The molecule has 0 aliphatic carbocycles. The second kappa shape index (κ2) is 9.89. The topological polar surface area (TPSA) is 65.0 Å². The van der Waals surface area contributed by atoms with Gasteiger partial charge in [0.2, 0.25) is 11.8 Å². The number of likely N-dealkylation sites (tertiary alicyclic amines) is 1. The zero-order valence-electron chi connectivity index (χ0n) is 15.2. The molecule has 2 aliphatic heterocycles. The molecule has 1 aromatic rings. The lowest BCUT2D eigenvalue weighted by Gasteiger charge is -2.32. The Morgan fingerprint density at radius 3 is 2.50 bits per heavy atom. The molecule has 1 saturated heterocycles. The van der Waals surface area contributed by atoms with E-state index in [9.17, 15) is 9.59 Å². The van der Waals surface area contributed by atoms with Gasteiger partial charge in [0.1, 0.15) is 0 Å². The van der Waals surface area contributed by atoms with Crippen molar-refractivity contribution >= 4 is 41.8 Å². The van der Waals surface area contributed by atoms with E-state index in [0.717, 1.165) is 32.0 Å². The lowest BCUT2D eigenvalue weighted by molar-refractivity contribution is -0.147. The quantitative estimate of drug-likeness (QED) is 0.317. The summed E-state index contributed by atoms with van der Waals surface area (Å²) >= 11 is 0. The predicted molar refractivity (Wildman–Crippen MR) is 113 cm³/mol. The fourth-order valence-corrected chi connectivity index (χ4v) is 3.41. The minimum atomic E-state index is -0.0663. The standard InChI is InChI=1S/C19H26N4O2.HI/c1-2-20-19(21-11-13-23-17(24)8-5-9-18(23)25)22-12-10-15-6-3-4-7-16(15)14-22;/h3-4,6-7H,2,5,8-14H2,1H3,(H,20,21);1H. The second-order valence-electron chi connectivity index (χ2n) is 6.47. The number of hydrogen-bond acceptors (Lipinski definition) is 3. The lowest BCUT2D eigenvalue weighted by Crippen LogP contribution is -2.45. The number of rotatable bonds is 4. The first-order chi connectivity index (χ1) is 12.2. The number of guanidine groups is 1. The van der Waals surface area contributed by atoms with Crippen molar-refractivity contribution in [2.45, 2.75) is 39.2 Å². The molecule has 0 unspecified atom stereocenters. The second-order valence-corrected chi connectivity index (χ2v) is 6.47. The Balaban J connectivity index is 0.00000243. The van der Waals surface area contributed by atoms with Crippen LogP contribution in [0, 0.1) is 0 Å². The van der Waals surface area contributed by atoms with E-state index in [-0.39, 0.29) is 35.8 Å². The van der Waals surface area contributed by atoms with E-state index in [1.54, 1.807) is 0 Å². The molecule has 1 N–H and O–H groups in total. The monoisotopic (exact) mass is 470 g/mol. The van der Waals surface area contributed by atoms with Crippen LogP contribution in [0.25, 0.3) is 0 Å². The van der Waals surface area contributed by atoms with Gasteiger partial charge in [0, 0.05) is 39.0 Å². The Hall–Kier alpha value is -1.64. The number of amides is 2. The van der Waals surface area contributed by atoms with Gasteiger partial charge in [0.15, 0.2) is 5.96 Å². The first-order valence-electron chi connectivity index (χ1n) is 9.12. The number of nitrogens with zero attached hydrogens (tertiary/aromatic N) is 3. The van der Waals surface area contributed by atoms with E-state index in [0.29, 0.717) is 32.4 Å². The van der Waals surface area contributed by atoms with Gasteiger partial charge in [-0.3, -0.25) is 19.5 Å². The zero-order valence-corrected chi connectivity index (χ0v) is 17.6. The summed E-state index contributed by atoms with van der Waals surface area (Å²) in [5.74, 6) is 0.723. The number of fused-ring (bicyclic) bond motifs is 1. The highest BCUT2D eigenvalue weighted by Gasteiger charge is 2.25. The van der Waals surface area contributed by atoms with Crippen LogP contribution in [0.1, 0.15) is 37.3 Å². The van der Waals surface area contributed by atoms with Gasteiger partial charge >= 0.3 is 0 Å². The van der Waals surface area contributed by atoms with E-state index in [1.807, 2.05) is 6.92 Å². The largest absolute Gasteiger partial charge is 0.357 e. The van der Waals surface area contributed by atoms with Gasteiger partial charge in [-0.2, -0.15) is 0 Å². The molecule has 0 radical (unpaired) electrons. The lowest BCUT2D eigenvalue weighted by atomic mass is 10.0. The Kier molecular flexibility index (Phi) is 7.86. The fourth-order valence-electron chi connectivity index (χ4n) is 3.41. The number of nitrogens with one attached hydrogen (secondary N) is 1. The minimum Gasteiger partial charge on any atom is -0.357 e. The summed E-state index contributed by atoms with van der Waals surface area (Å²) in [5.41, 5.74) is 2.74. The van der Waals surface area contributed by atoms with Crippen LogP contribution in [-0.4, -0.2) is 53.8 Å². The van der Waals surface area contributed by atoms with E-state index in [4.69, 9.17) is 0 Å². The van der Waals surface area contributed by atoms with Gasteiger partial charge in [-0.15, -0.1) is 24.0 Å². The van der Waals surface area contributed by atoms with Crippen molar-refractivity contribution in [2.75, 3.05) is 26.2 Å². The predicted octanol–water partition coefficient (Wildman–Crippen LogP) is 2.17. The Morgan fingerprint density at radius 2 is 1.81 bits per heavy atom. The van der Waals surface area contributed by atoms with Crippen LogP contribution in [0.2, 0.25) is 0 Å². The number of carbonyl (C=O) groups excluding carboxylic acids is 2. The minimum absolute atomic E-state index is 0. The van der Waals surface area contributed by atoms with Gasteiger partial charge in [0.25, 0.3) is 0 Å². The molecule has 1 fully saturated rings. The Labute approximate surface area is 172 Å². The molecule has 7 heteroatoms. The summed E-state index contributed by atoms with van der Waals surface area (Å²) in [4.78, 5) is 32.0. The number of benzene rings is 1. The molecule has 3 rings (SSSR count). The zero-order chi connectivity index (χ0) is 17.6. The van der Waals surface area contributed by atoms with Crippen LogP contribution in [0.4, 0.5) is 0 Å². The fraction of sp³-hybridized carbons (Fsp3) is 0.526. The number of carbonyl (C=O) groups is 2. The Morgan fingerprint density at radius 1 is 1.12 bits per heavy atom. The van der Waals surface area contributed by atoms with E-state index >= 15 is 0 Å². The smallest absolute Gasteiger partial charge is 0.229 e. The molecule has 1 aromatic carbocycles. The van der Waals surface area contributed by atoms with Gasteiger partial charge < -0.3 is 10.2 Å². The van der Waals surface area contributed by atoms with Crippen LogP contribution in [-0.2, 0) is 22.6 Å². The number of aliphatic imine (C=N–C) groups is 1. The normalized spacial score (nSPS) is 17.7. The highest BCUT2D eigenvalue weighted by molar-refractivity contribution is 14.0. The maximum absolute atomic E-state index is 11.9. The summed E-state index contributed by atoms with van der Waals surface area (Å²) < 4.78 is 0. The number of hydrogen-bond donors (Lipinski definition) is 1. The van der Waals surface area contributed by atoms with E-state index in [1.165, 1.54) is 16.0 Å². The van der Waals surface area contributed by atoms with E-state index < -0.39 is 0 Å². The third kappa shape index (κ3) is 4.96. The van der Waals surface area contributed by atoms with Crippen molar-refractivity contribution in [3.8, 4) is 0 Å². The van der Waals surface area contributed by atoms with Gasteiger partial charge in [-0.05, 0) is 30.9 Å². The number of imide groups is 1. The highest BCUT2D eigenvalue weighted by atomic mass is 127. The molecule has 6 nitrogen and oxygen atoms in total. The summed E-state index contributed by atoms with van der Waals surface area (Å²) in [6, 6.07) is 8.50. The first kappa shape index (κ1) is 20.7. The Bertz CT molecular complexity index is 661. The molecule has 0 spiro atoms. The first-order valence-corrected chi connectivity index (χ1v) is 9.12. The molecule has 2 amide bonds. The van der Waals surface area contributed by atoms with Gasteiger partial charge in [0.05, 0.1) is 6.54 Å². The molecule has 26 heavy (non-hydrogen) atoms. The van der Waals surface area contributed by atoms with Crippen LogP contribution >= 0.6 is 24.0 Å². The summed E-state index contributed by atoms with van der Waals surface area (Å²) in [7, 11) is 0. The van der Waals surface area contributed by atoms with Crippen LogP contribution in [0.3, 0.4) is 0 Å². The van der Waals surface area contributed by atoms with Crippen molar-refractivity contribution < 1.29 is 9.59 Å². The van der Waals surface area contributed by atoms with Crippen molar-refractivity contribution in [3.05, 3.63) is 35.4 Å². The average Bonchev–Trinajstić information content (AvgIpc) is 2.63. The highest BCUT2D eigenvalue weighted by Crippen LogP contribution is 2.18. The molecule has 0 aromatic heterocycles. The van der Waals surface area contributed by atoms with Crippen LogP contribution < -0.4 is 5.32 Å². The third-order valence-electron chi connectivity index (χ3n) is 4.73. The molecule has 2 aliphatic rings. The summed E-state index contributed by atoms with van der Waals surface area (Å²) in [5, 5.41) is 3.33. The van der Waals surface area contributed by atoms with Crippen LogP contribution in [0.15, 0.2) is 29.3 Å². The number of piperidine rings is 1. The molecule has 0 atom stereocenters. The molecule has 2 heterocycles. The van der Waals surface area contributed by atoms with Crippen molar-refractivity contribution in [3.63, 3.8) is 0 Å². The molecular weight excluding hydrogens is 443 g/mol. The SMILES string of the molecule is CCNC(=NCCN1C(=O)CCCC1=O)N1CCc2ccccc2C1.I. The maximum atomic E-state index is 11.9. The number of halogens is 1. The molecular formula is C19H27IN4O2. The summed E-state index contributed by atoms with van der Waals surface area (Å²) in [6.07, 6.45) is 2.62. The van der Waals surface area contributed by atoms with Crippen molar-refractivity contribution in [2.24, 2.45) is 4.99 Å². The van der Waals surface area contributed by atoms with Gasteiger partial charge in [-0.1, -0.05) is 24.3 Å².